The highest BCUT2D eigenvalue weighted by Crippen LogP contribution is 2.44. The van der Waals surface area contributed by atoms with Gasteiger partial charge in [-0.3, -0.25) is 14.5 Å². The predicted octanol–water partition coefficient (Wildman–Crippen LogP) is 4.91. The highest BCUT2D eigenvalue weighted by Gasteiger charge is 2.47. The second kappa shape index (κ2) is 8.26. The van der Waals surface area contributed by atoms with Gasteiger partial charge < -0.3 is 9.84 Å². The molecule has 0 spiro atoms. The normalized spacial score (nSPS) is 17.6. The zero-order chi connectivity index (χ0) is 22.1. The van der Waals surface area contributed by atoms with Gasteiger partial charge in [0.05, 0.1) is 29.9 Å². The van der Waals surface area contributed by atoms with E-state index in [2.05, 4.69) is 0 Å². The number of carbonyl (C=O) groups excluding carboxylic acids is 2. The molecule has 4 rings (SSSR count). The SMILES string of the molecule is COc1ccc(Cl)cc1/C(O)=C1/C(=O)C(=O)N(c2ccc(C#N)cc2)C1c1cccs1. The number of nitrogens with zero attached hydrogens (tertiary/aromatic N) is 2. The Hall–Kier alpha value is -3.60. The number of anilines is 1. The third kappa shape index (κ3) is 3.56. The van der Waals surface area contributed by atoms with Crippen LogP contribution in [0, 0.1) is 11.3 Å². The maximum Gasteiger partial charge on any atom is 0.300 e. The van der Waals surface area contributed by atoms with Crippen LogP contribution in [0.3, 0.4) is 0 Å². The largest absolute Gasteiger partial charge is 0.507 e. The smallest absolute Gasteiger partial charge is 0.300 e. The van der Waals surface area contributed by atoms with E-state index in [1.165, 1.54) is 29.4 Å². The van der Waals surface area contributed by atoms with E-state index in [-0.39, 0.29) is 16.9 Å². The van der Waals surface area contributed by atoms with Crippen molar-refractivity contribution < 1.29 is 19.4 Å². The number of carbonyl (C=O) groups is 2. The lowest BCUT2D eigenvalue weighted by molar-refractivity contribution is -0.132. The van der Waals surface area contributed by atoms with Crippen molar-refractivity contribution in [2.75, 3.05) is 12.0 Å². The number of ketones is 1. The minimum atomic E-state index is -0.836. The first-order valence-corrected chi connectivity index (χ1v) is 10.4. The topological polar surface area (TPSA) is 90.6 Å². The van der Waals surface area contributed by atoms with Crippen LogP contribution >= 0.6 is 22.9 Å². The van der Waals surface area contributed by atoms with Gasteiger partial charge in [-0.15, -0.1) is 11.3 Å². The highest BCUT2D eigenvalue weighted by molar-refractivity contribution is 7.10. The lowest BCUT2D eigenvalue weighted by atomic mass is 9.99. The molecule has 0 aliphatic carbocycles. The molecule has 1 saturated heterocycles. The molecule has 0 saturated carbocycles. The number of hydrogen-bond donors (Lipinski definition) is 1. The van der Waals surface area contributed by atoms with Crippen molar-refractivity contribution in [1.82, 2.24) is 0 Å². The predicted molar refractivity (Wildman–Crippen MR) is 118 cm³/mol. The summed E-state index contributed by atoms with van der Waals surface area (Å²) in [6.07, 6.45) is 0. The van der Waals surface area contributed by atoms with Gasteiger partial charge in [0, 0.05) is 15.6 Å². The van der Waals surface area contributed by atoms with Gasteiger partial charge in [-0.1, -0.05) is 17.7 Å². The molecule has 3 aromatic rings. The summed E-state index contributed by atoms with van der Waals surface area (Å²) in [6, 6.07) is 15.8. The Labute approximate surface area is 187 Å². The van der Waals surface area contributed by atoms with Crippen molar-refractivity contribution in [2.45, 2.75) is 6.04 Å². The summed E-state index contributed by atoms with van der Waals surface area (Å²) < 4.78 is 5.32. The summed E-state index contributed by atoms with van der Waals surface area (Å²) >= 11 is 7.46. The first kappa shape index (κ1) is 20.7. The molecule has 6 nitrogen and oxygen atoms in total. The van der Waals surface area contributed by atoms with Crippen LogP contribution in [0.4, 0.5) is 5.69 Å². The molecule has 1 amide bonds. The van der Waals surface area contributed by atoms with E-state index in [1.54, 1.807) is 48.5 Å². The van der Waals surface area contributed by atoms with Crippen molar-refractivity contribution in [1.29, 1.82) is 5.26 Å². The molecule has 8 heteroatoms. The fourth-order valence-electron chi connectivity index (χ4n) is 3.52. The van der Waals surface area contributed by atoms with Gasteiger partial charge in [-0.2, -0.15) is 5.26 Å². The van der Waals surface area contributed by atoms with E-state index in [1.807, 2.05) is 11.4 Å². The number of aliphatic hydroxyl groups excluding tert-OH is 1. The molecule has 1 atom stereocenters. The highest BCUT2D eigenvalue weighted by atomic mass is 35.5. The molecule has 1 N–H and O–H groups in total. The summed E-state index contributed by atoms with van der Waals surface area (Å²) in [5, 5.41) is 22.4. The van der Waals surface area contributed by atoms with Crippen LogP contribution < -0.4 is 9.64 Å². The summed E-state index contributed by atoms with van der Waals surface area (Å²) in [5.41, 5.74) is 1.03. The average molecular weight is 451 g/mol. The Balaban J connectivity index is 1.94. The Morgan fingerprint density at radius 3 is 2.55 bits per heavy atom. The van der Waals surface area contributed by atoms with Gasteiger partial charge in [0.1, 0.15) is 17.6 Å². The number of thiophene rings is 1. The number of ether oxygens (including phenoxy) is 1. The molecule has 1 aliphatic heterocycles. The van der Waals surface area contributed by atoms with Gasteiger partial charge >= 0.3 is 0 Å². The number of Topliss-reactive ketones (excluding diaryl/α,β-unsaturated/α-hetero) is 1. The van der Waals surface area contributed by atoms with Crippen LogP contribution in [-0.4, -0.2) is 23.9 Å². The van der Waals surface area contributed by atoms with Crippen molar-refractivity contribution in [3.63, 3.8) is 0 Å². The Morgan fingerprint density at radius 2 is 1.94 bits per heavy atom. The maximum atomic E-state index is 13.1. The van der Waals surface area contributed by atoms with Crippen molar-refractivity contribution in [3.8, 4) is 11.8 Å². The van der Waals surface area contributed by atoms with Crippen LogP contribution in [0.5, 0.6) is 5.75 Å². The standard InChI is InChI=1S/C23H15ClN2O4S/c1-30-17-9-6-14(24)11-16(17)21(27)19-20(18-3-2-10-31-18)26(23(29)22(19)28)15-7-4-13(12-25)5-8-15/h2-11,20,27H,1H3/b21-19-. The Kier molecular flexibility index (Phi) is 5.51. The van der Waals surface area contributed by atoms with Gasteiger partial charge in [-0.05, 0) is 53.9 Å². The maximum absolute atomic E-state index is 13.1. The second-order valence-electron chi connectivity index (χ2n) is 6.69. The molecule has 154 valence electrons. The van der Waals surface area contributed by atoms with Crippen molar-refractivity contribution in [3.05, 3.63) is 86.6 Å². The van der Waals surface area contributed by atoms with Crippen LogP contribution in [0.1, 0.15) is 22.0 Å². The average Bonchev–Trinajstić information content (AvgIpc) is 3.40. The van der Waals surface area contributed by atoms with Crippen LogP contribution in [0.15, 0.2) is 65.6 Å². The summed E-state index contributed by atoms with van der Waals surface area (Å²) in [4.78, 5) is 28.2. The fourth-order valence-corrected chi connectivity index (χ4v) is 4.52. The molecule has 1 fully saturated rings. The number of hydrogen-bond acceptors (Lipinski definition) is 6. The van der Waals surface area contributed by atoms with Crippen LogP contribution in [0.25, 0.3) is 5.76 Å². The van der Waals surface area contributed by atoms with Crippen molar-refractivity contribution >= 4 is 46.1 Å². The van der Waals surface area contributed by atoms with Gasteiger partial charge in [0.15, 0.2) is 0 Å². The van der Waals surface area contributed by atoms with Crippen LogP contribution in [0.2, 0.25) is 5.02 Å². The number of benzene rings is 2. The third-order valence-electron chi connectivity index (χ3n) is 4.95. The van der Waals surface area contributed by atoms with Crippen molar-refractivity contribution in [2.24, 2.45) is 0 Å². The molecule has 1 aliphatic rings. The minimum absolute atomic E-state index is 0.0580. The first-order valence-electron chi connectivity index (χ1n) is 9.14. The van der Waals surface area contributed by atoms with E-state index >= 15 is 0 Å². The molecule has 1 aromatic heterocycles. The lowest BCUT2D eigenvalue weighted by Gasteiger charge is -2.24. The molecular weight excluding hydrogens is 436 g/mol. The molecule has 1 unspecified atom stereocenters. The monoisotopic (exact) mass is 450 g/mol. The number of methoxy groups -OCH3 is 1. The molecule has 31 heavy (non-hydrogen) atoms. The van der Waals surface area contributed by atoms with Gasteiger partial charge in [-0.25, -0.2) is 0 Å². The number of halogens is 1. The minimum Gasteiger partial charge on any atom is -0.507 e. The Morgan fingerprint density at radius 1 is 1.19 bits per heavy atom. The lowest BCUT2D eigenvalue weighted by Crippen LogP contribution is -2.29. The third-order valence-corrected chi connectivity index (χ3v) is 6.11. The molecule has 2 aromatic carbocycles. The number of amides is 1. The molecule has 2 heterocycles. The molecule has 0 bridgehead atoms. The summed E-state index contributed by atoms with van der Waals surface area (Å²) in [6.45, 7) is 0. The summed E-state index contributed by atoms with van der Waals surface area (Å²) in [7, 11) is 1.44. The molecular formula is C23H15ClN2O4S. The zero-order valence-corrected chi connectivity index (χ0v) is 17.8. The Bertz CT molecular complexity index is 1240. The quantitative estimate of drug-likeness (QED) is 0.346. The fraction of sp³-hybridized carbons (Fsp3) is 0.0870. The molecule has 0 radical (unpaired) electrons. The van der Waals surface area contributed by atoms with Crippen LogP contribution in [-0.2, 0) is 9.59 Å². The first-order chi connectivity index (χ1) is 15.0. The van der Waals surface area contributed by atoms with E-state index in [9.17, 15) is 14.7 Å². The number of nitriles is 1. The number of rotatable bonds is 4. The van der Waals surface area contributed by atoms with E-state index in [0.29, 0.717) is 26.9 Å². The van der Waals surface area contributed by atoms with E-state index in [4.69, 9.17) is 21.6 Å². The number of aliphatic hydroxyl groups is 1. The van der Waals surface area contributed by atoms with Gasteiger partial charge in [0.2, 0.25) is 0 Å². The van der Waals surface area contributed by atoms with E-state index in [0.717, 1.165) is 0 Å². The summed E-state index contributed by atoms with van der Waals surface area (Å²) in [5.74, 6) is -1.64. The van der Waals surface area contributed by atoms with E-state index < -0.39 is 17.7 Å². The van der Waals surface area contributed by atoms with Gasteiger partial charge in [0.25, 0.3) is 11.7 Å². The second-order valence-corrected chi connectivity index (χ2v) is 8.10. The zero-order valence-electron chi connectivity index (χ0n) is 16.2.